The highest BCUT2D eigenvalue weighted by Crippen LogP contribution is 2.17. The fourth-order valence-corrected chi connectivity index (χ4v) is 2.33. The lowest BCUT2D eigenvalue weighted by molar-refractivity contribution is -0.150. The van der Waals surface area contributed by atoms with Gasteiger partial charge in [0.1, 0.15) is 6.61 Å². The minimum absolute atomic E-state index is 0. The van der Waals surface area contributed by atoms with Gasteiger partial charge in [0.05, 0.1) is 5.92 Å². The van der Waals surface area contributed by atoms with Crippen LogP contribution < -0.4 is 6.15 Å². The van der Waals surface area contributed by atoms with Crippen molar-refractivity contribution in [2.45, 2.75) is 65.4 Å². The number of ether oxygens (including phenoxy) is 1. The highest BCUT2D eigenvalue weighted by atomic mass is 16.5. The Morgan fingerprint density at radius 2 is 1.71 bits per heavy atom. The fourth-order valence-electron chi connectivity index (χ4n) is 2.33. The van der Waals surface area contributed by atoms with E-state index in [0.29, 0.717) is 6.61 Å². The number of hydrogen-bond acceptors (Lipinski definition) is 2. The first kappa shape index (κ1) is 19.7. The fraction of sp³-hybridized carbons (Fsp3) is 0.611. The summed E-state index contributed by atoms with van der Waals surface area (Å²) < 4.78 is 5.42. The van der Waals surface area contributed by atoms with Crippen molar-refractivity contribution in [2.75, 3.05) is 0 Å². The summed E-state index contributed by atoms with van der Waals surface area (Å²) in [6.07, 6.45) is 8.06. The zero-order valence-electron chi connectivity index (χ0n) is 13.4. The van der Waals surface area contributed by atoms with E-state index in [1.807, 2.05) is 30.3 Å². The Bertz CT molecular complexity index is 365. The van der Waals surface area contributed by atoms with Crippen LogP contribution in [0.25, 0.3) is 0 Å². The normalized spacial score (nSPS) is 11.5. The Hall–Kier alpha value is -1.35. The molecule has 0 aromatic heterocycles. The summed E-state index contributed by atoms with van der Waals surface area (Å²) >= 11 is 0. The molecule has 21 heavy (non-hydrogen) atoms. The van der Waals surface area contributed by atoms with Crippen LogP contribution >= 0.6 is 0 Å². The molecule has 0 fully saturated rings. The summed E-state index contributed by atoms with van der Waals surface area (Å²) in [5, 5.41) is 0. The molecule has 1 atom stereocenters. The molecular formula is C18H28NO2. The van der Waals surface area contributed by atoms with Gasteiger partial charge in [0.15, 0.2) is 0 Å². The number of esters is 1. The highest BCUT2D eigenvalue weighted by molar-refractivity contribution is 5.72. The number of hydrogen-bond donors (Lipinski definition) is 0. The first-order valence-electron chi connectivity index (χ1n) is 7.98. The van der Waals surface area contributed by atoms with Crippen molar-refractivity contribution in [1.29, 1.82) is 0 Å². The summed E-state index contributed by atoms with van der Waals surface area (Å²) in [7, 11) is 0. The van der Waals surface area contributed by atoms with E-state index in [9.17, 15) is 4.79 Å². The van der Waals surface area contributed by atoms with Gasteiger partial charge in [-0.3, -0.25) is 4.79 Å². The summed E-state index contributed by atoms with van der Waals surface area (Å²) in [5.74, 6) is 0.0344. The zero-order valence-corrected chi connectivity index (χ0v) is 13.4. The predicted octanol–water partition coefficient (Wildman–Crippen LogP) is 4.64. The van der Waals surface area contributed by atoms with Crippen LogP contribution in [0.1, 0.15) is 64.4 Å². The maximum absolute atomic E-state index is 12.0. The van der Waals surface area contributed by atoms with Crippen LogP contribution in [0, 0.1) is 5.92 Å². The Kier molecular flexibility index (Phi) is 11.6. The van der Waals surface area contributed by atoms with E-state index in [0.717, 1.165) is 24.8 Å². The van der Waals surface area contributed by atoms with Crippen LogP contribution in [-0.4, -0.2) is 5.97 Å². The van der Waals surface area contributed by atoms with Crippen molar-refractivity contribution >= 4 is 5.97 Å². The molecule has 0 aliphatic heterocycles. The Morgan fingerprint density at radius 3 is 2.33 bits per heavy atom. The Labute approximate surface area is 129 Å². The summed E-state index contributed by atoms with van der Waals surface area (Å²) in [6.45, 7) is 4.68. The van der Waals surface area contributed by atoms with E-state index in [-0.39, 0.29) is 18.0 Å². The molecule has 0 N–H and O–H groups in total. The average Bonchev–Trinajstić information content (AvgIpc) is 2.49. The molecule has 1 unspecified atom stereocenters. The molecule has 0 heterocycles. The molecule has 1 aromatic carbocycles. The van der Waals surface area contributed by atoms with Crippen molar-refractivity contribution in [1.82, 2.24) is 6.15 Å². The Balaban J connectivity index is 0.00000400. The molecule has 3 heteroatoms. The Morgan fingerprint density at radius 1 is 1.05 bits per heavy atom. The lowest BCUT2D eigenvalue weighted by Gasteiger charge is -2.14. The summed E-state index contributed by atoms with van der Waals surface area (Å²) in [4.78, 5) is 12.0. The third-order valence-corrected chi connectivity index (χ3v) is 3.71. The lowest BCUT2D eigenvalue weighted by Crippen LogP contribution is -2.17. The van der Waals surface area contributed by atoms with Crippen LogP contribution in [0.4, 0.5) is 0 Å². The van der Waals surface area contributed by atoms with Crippen LogP contribution in [0.15, 0.2) is 30.3 Å². The summed E-state index contributed by atoms with van der Waals surface area (Å²) in [5.41, 5.74) is 1.05. The molecule has 0 aliphatic carbocycles. The van der Waals surface area contributed by atoms with Gasteiger partial charge < -0.3 is 4.74 Å². The monoisotopic (exact) mass is 290 g/mol. The first-order chi connectivity index (χ1) is 9.77. The number of unbranched alkanes of at least 4 members (excludes halogenated alkanes) is 4. The van der Waals surface area contributed by atoms with E-state index < -0.39 is 0 Å². The van der Waals surface area contributed by atoms with Crippen LogP contribution in [0.2, 0.25) is 0 Å². The minimum atomic E-state index is -0.0353. The van der Waals surface area contributed by atoms with Gasteiger partial charge in [0.2, 0.25) is 0 Å². The van der Waals surface area contributed by atoms with Crippen LogP contribution in [0.3, 0.4) is 0 Å². The SMILES string of the molecule is CCCCCCCC(CC)C(=O)OCc1ccccc1.[N]. The number of rotatable bonds is 10. The summed E-state index contributed by atoms with van der Waals surface area (Å²) in [6, 6.07) is 9.87. The second kappa shape index (κ2) is 12.4. The second-order valence-corrected chi connectivity index (χ2v) is 5.40. The number of carbonyl (C=O) groups is 1. The molecule has 1 rings (SSSR count). The predicted molar refractivity (Wildman–Crippen MR) is 85.5 cm³/mol. The van der Waals surface area contributed by atoms with Crippen LogP contribution in [0.5, 0.6) is 0 Å². The van der Waals surface area contributed by atoms with E-state index in [1.165, 1.54) is 25.7 Å². The highest BCUT2D eigenvalue weighted by Gasteiger charge is 2.17. The van der Waals surface area contributed by atoms with Gasteiger partial charge in [0, 0.05) is 6.15 Å². The third-order valence-electron chi connectivity index (χ3n) is 3.71. The molecule has 1 aromatic rings. The van der Waals surface area contributed by atoms with Gasteiger partial charge in [-0.15, -0.1) is 0 Å². The van der Waals surface area contributed by atoms with Gasteiger partial charge in [-0.05, 0) is 18.4 Å². The van der Waals surface area contributed by atoms with Crippen LogP contribution in [-0.2, 0) is 16.1 Å². The maximum Gasteiger partial charge on any atom is 0.309 e. The molecular weight excluding hydrogens is 262 g/mol. The first-order valence-corrected chi connectivity index (χ1v) is 7.98. The largest absolute Gasteiger partial charge is 0.461 e. The smallest absolute Gasteiger partial charge is 0.309 e. The topological polar surface area (TPSA) is 56.8 Å². The average molecular weight is 290 g/mol. The van der Waals surface area contributed by atoms with E-state index in [2.05, 4.69) is 13.8 Å². The van der Waals surface area contributed by atoms with Gasteiger partial charge in [-0.2, -0.15) is 0 Å². The molecule has 3 radical (unpaired) electrons. The van der Waals surface area contributed by atoms with Gasteiger partial charge in [-0.1, -0.05) is 76.3 Å². The van der Waals surface area contributed by atoms with Crippen molar-refractivity contribution in [3.05, 3.63) is 35.9 Å². The quantitative estimate of drug-likeness (QED) is 0.465. The number of nitrogens with zero attached hydrogens (tertiary/aromatic N) is 1. The maximum atomic E-state index is 12.0. The molecule has 0 saturated heterocycles. The van der Waals surface area contributed by atoms with Gasteiger partial charge in [0.25, 0.3) is 0 Å². The molecule has 0 spiro atoms. The van der Waals surface area contributed by atoms with Gasteiger partial charge in [-0.25, -0.2) is 0 Å². The molecule has 0 bridgehead atoms. The number of carbonyl (C=O) groups excluding carboxylic acids is 1. The van der Waals surface area contributed by atoms with Crippen molar-refractivity contribution < 1.29 is 9.53 Å². The minimum Gasteiger partial charge on any atom is -0.461 e. The molecule has 3 nitrogen and oxygen atoms in total. The van der Waals surface area contributed by atoms with E-state index >= 15 is 0 Å². The van der Waals surface area contributed by atoms with E-state index in [4.69, 9.17) is 4.74 Å². The van der Waals surface area contributed by atoms with E-state index in [1.54, 1.807) is 0 Å². The standard InChI is InChI=1S/C18H28O2.N/c1-3-5-6-7-11-14-17(4-2)18(19)20-15-16-12-9-8-10-13-16;/h8-10,12-13,17H,3-7,11,14-15H2,1-2H3;. The second-order valence-electron chi connectivity index (χ2n) is 5.40. The zero-order chi connectivity index (χ0) is 14.6. The van der Waals surface area contributed by atoms with Gasteiger partial charge >= 0.3 is 5.97 Å². The van der Waals surface area contributed by atoms with Crippen molar-refractivity contribution in [3.8, 4) is 0 Å². The lowest BCUT2D eigenvalue weighted by atomic mass is 9.98. The molecule has 117 valence electrons. The molecule has 0 amide bonds. The third kappa shape index (κ3) is 8.51. The van der Waals surface area contributed by atoms with Crippen molar-refractivity contribution in [2.24, 2.45) is 5.92 Å². The molecule has 0 aliphatic rings. The van der Waals surface area contributed by atoms with Crippen molar-refractivity contribution in [3.63, 3.8) is 0 Å². The molecule has 0 saturated carbocycles. The number of benzene rings is 1.